The lowest BCUT2D eigenvalue weighted by atomic mass is 10.1. The van der Waals surface area contributed by atoms with Gasteiger partial charge in [0.1, 0.15) is 5.82 Å². The molecule has 1 aromatic heterocycles. The van der Waals surface area contributed by atoms with Crippen LogP contribution in [-0.2, 0) is 11.2 Å². The molecule has 1 amide bonds. The molecule has 0 radical (unpaired) electrons. The summed E-state index contributed by atoms with van der Waals surface area (Å²) in [6.45, 7) is 3.91. The van der Waals surface area contributed by atoms with Gasteiger partial charge in [-0.15, -0.1) is 10.2 Å². The molecule has 6 nitrogen and oxygen atoms in total. The number of nitrogens with one attached hydrogen (secondary N) is 1. The zero-order chi connectivity index (χ0) is 20.8. The molecule has 0 fully saturated rings. The SMILES string of the molecule is CC(=O)NCCc1nnc(SCC(=O)c2ccc(C)cc2)n1-c1ccc(Cl)cc1. The molecule has 3 rings (SSSR count). The summed E-state index contributed by atoms with van der Waals surface area (Å²) in [6, 6.07) is 14.9. The van der Waals surface area contributed by atoms with E-state index < -0.39 is 0 Å². The molecule has 0 aliphatic carbocycles. The summed E-state index contributed by atoms with van der Waals surface area (Å²) < 4.78 is 1.89. The summed E-state index contributed by atoms with van der Waals surface area (Å²) in [7, 11) is 0. The van der Waals surface area contributed by atoms with Gasteiger partial charge in [0.05, 0.1) is 5.75 Å². The number of nitrogens with zero attached hydrogens (tertiary/aromatic N) is 3. The molecule has 0 atom stereocenters. The van der Waals surface area contributed by atoms with Crippen LogP contribution in [0.2, 0.25) is 5.02 Å². The first-order valence-corrected chi connectivity index (χ1v) is 10.5. The zero-order valence-corrected chi connectivity index (χ0v) is 17.8. The number of amides is 1. The fraction of sp³-hybridized carbons (Fsp3) is 0.238. The quantitative estimate of drug-likeness (QED) is 0.435. The van der Waals surface area contributed by atoms with E-state index in [-0.39, 0.29) is 17.4 Å². The zero-order valence-electron chi connectivity index (χ0n) is 16.2. The topological polar surface area (TPSA) is 76.9 Å². The highest BCUT2D eigenvalue weighted by Crippen LogP contribution is 2.24. The minimum atomic E-state index is -0.0964. The van der Waals surface area contributed by atoms with Crippen molar-refractivity contribution in [1.82, 2.24) is 20.1 Å². The minimum Gasteiger partial charge on any atom is -0.356 e. The van der Waals surface area contributed by atoms with E-state index in [2.05, 4.69) is 15.5 Å². The Morgan fingerprint density at radius 1 is 1.07 bits per heavy atom. The molecule has 29 heavy (non-hydrogen) atoms. The van der Waals surface area contributed by atoms with Gasteiger partial charge in [0.15, 0.2) is 10.9 Å². The number of aryl methyl sites for hydroxylation is 1. The molecule has 0 saturated carbocycles. The van der Waals surface area contributed by atoms with Crippen LogP contribution >= 0.6 is 23.4 Å². The molecule has 3 aromatic rings. The van der Waals surface area contributed by atoms with E-state index in [1.807, 2.05) is 47.9 Å². The van der Waals surface area contributed by atoms with E-state index in [9.17, 15) is 9.59 Å². The molecule has 0 unspecified atom stereocenters. The maximum atomic E-state index is 12.5. The Kier molecular flexibility index (Phi) is 7.06. The van der Waals surface area contributed by atoms with Crippen LogP contribution in [-0.4, -0.2) is 38.8 Å². The van der Waals surface area contributed by atoms with Crippen molar-refractivity contribution in [2.24, 2.45) is 0 Å². The van der Waals surface area contributed by atoms with Gasteiger partial charge in [-0.1, -0.05) is 53.2 Å². The molecule has 1 N–H and O–H groups in total. The van der Waals surface area contributed by atoms with Crippen LogP contribution in [0.5, 0.6) is 0 Å². The third kappa shape index (κ3) is 5.68. The van der Waals surface area contributed by atoms with Gasteiger partial charge < -0.3 is 5.32 Å². The number of thioether (sulfide) groups is 1. The number of Topliss-reactive ketones (excluding diaryl/α,β-unsaturated/α-hetero) is 1. The third-order valence-corrected chi connectivity index (χ3v) is 5.39. The first-order valence-electron chi connectivity index (χ1n) is 9.11. The lowest BCUT2D eigenvalue weighted by Gasteiger charge is -2.10. The Bertz CT molecular complexity index is 1000. The standard InChI is InChI=1S/C21H21ClN4O2S/c1-14-3-5-16(6-4-14)19(28)13-29-21-25-24-20(11-12-23-15(2)27)26(21)18-9-7-17(22)8-10-18/h3-10H,11-13H2,1-2H3,(H,23,27). The van der Waals surface area contributed by atoms with E-state index >= 15 is 0 Å². The molecule has 0 aliphatic rings. The van der Waals surface area contributed by atoms with Gasteiger partial charge in [0.25, 0.3) is 0 Å². The van der Waals surface area contributed by atoms with Crippen LogP contribution in [0, 0.1) is 6.92 Å². The predicted octanol–water partition coefficient (Wildman–Crippen LogP) is 3.88. The highest BCUT2D eigenvalue weighted by Gasteiger charge is 2.16. The summed E-state index contributed by atoms with van der Waals surface area (Å²) in [5, 5.41) is 12.6. The number of aromatic nitrogens is 3. The summed E-state index contributed by atoms with van der Waals surface area (Å²) in [5.41, 5.74) is 2.63. The summed E-state index contributed by atoms with van der Waals surface area (Å²) in [6.07, 6.45) is 0.516. The van der Waals surface area contributed by atoms with Crippen LogP contribution in [0.25, 0.3) is 5.69 Å². The Balaban J connectivity index is 1.80. The second-order valence-electron chi connectivity index (χ2n) is 6.52. The Morgan fingerprint density at radius 2 is 1.76 bits per heavy atom. The van der Waals surface area contributed by atoms with Crippen molar-refractivity contribution in [2.75, 3.05) is 12.3 Å². The average Bonchev–Trinajstić information content (AvgIpc) is 3.10. The maximum absolute atomic E-state index is 12.5. The van der Waals surface area contributed by atoms with Crippen LogP contribution in [0.1, 0.15) is 28.7 Å². The molecular weight excluding hydrogens is 408 g/mol. The Labute approximate surface area is 178 Å². The second-order valence-corrected chi connectivity index (χ2v) is 7.90. The van der Waals surface area contributed by atoms with E-state index in [1.54, 1.807) is 12.1 Å². The van der Waals surface area contributed by atoms with Gasteiger partial charge >= 0.3 is 0 Å². The number of ketones is 1. The van der Waals surface area contributed by atoms with Crippen molar-refractivity contribution >= 4 is 35.1 Å². The van der Waals surface area contributed by atoms with E-state index in [4.69, 9.17) is 11.6 Å². The fourth-order valence-electron chi connectivity index (χ4n) is 2.71. The van der Waals surface area contributed by atoms with Gasteiger partial charge in [0, 0.05) is 36.2 Å². The van der Waals surface area contributed by atoms with Gasteiger partial charge in [-0.2, -0.15) is 0 Å². The normalized spacial score (nSPS) is 10.7. The molecule has 8 heteroatoms. The molecule has 0 saturated heterocycles. The van der Waals surface area contributed by atoms with Crippen LogP contribution in [0.3, 0.4) is 0 Å². The number of rotatable bonds is 8. The Hall–Kier alpha value is -2.64. The van der Waals surface area contributed by atoms with Gasteiger partial charge in [-0.3, -0.25) is 14.2 Å². The second kappa shape index (κ2) is 9.71. The molecule has 2 aromatic carbocycles. The smallest absolute Gasteiger partial charge is 0.216 e. The summed E-state index contributed by atoms with van der Waals surface area (Å²) in [4.78, 5) is 23.7. The predicted molar refractivity (Wildman–Crippen MR) is 115 cm³/mol. The Morgan fingerprint density at radius 3 is 2.41 bits per heavy atom. The molecule has 0 aliphatic heterocycles. The monoisotopic (exact) mass is 428 g/mol. The first-order chi connectivity index (χ1) is 13.9. The van der Waals surface area contributed by atoms with E-state index in [0.717, 1.165) is 11.3 Å². The molecule has 0 bridgehead atoms. The fourth-order valence-corrected chi connectivity index (χ4v) is 3.70. The van der Waals surface area contributed by atoms with E-state index in [1.165, 1.54) is 18.7 Å². The lowest BCUT2D eigenvalue weighted by Crippen LogP contribution is -2.23. The summed E-state index contributed by atoms with van der Waals surface area (Å²) in [5.74, 6) is 0.883. The molecular formula is C21H21ClN4O2S. The van der Waals surface area contributed by atoms with Gasteiger partial charge in [0.2, 0.25) is 5.91 Å². The van der Waals surface area contributed by atoms with Crippen molar-refractivity contribution in [3.63, 3.8) is 0 Å². The largest absolute Gasteiger partial charge is 0.356 e. The number of hydrogen-bond acceptors (Lipinski definition) is 5. The lowest BCUT2D eigenvalue weighted by molar-refractivity contribution is -0.118. The average molecular weight is 429 g/mol. The molecule has 1 heterocycles. The minimum absolute atomic E-state index is 0.0282. The number of halogens is 1. The van der Waals surface area contributed by atoms with Gasteiger partial charge in [-0.05, 0) is 31.2 Å². The maximum Gasteiger partial charge on any atom is 0.216 e. The van der Waals surface area contributed by atoms with Gasteiger partial charge in [-0.25, -0.2) is 0 Å². The summed E-state index contributed by atoms with van der Waals surface area (Å²) >= 11 is 7.35. The van der Waals surface area contributed by atoms with Crippen LogP contribution < -0.4 is 5.32 Å². The number of carbonyl (C=O) groups is 2. The molecule has 0 spiro atoms. The van der Waals surface area contributed by atoms with Crippen molar-refractivity contribution in [3.05, 3.63) is 70.5 Å². The van der Waals surface area contributed by atoms with Crippen LogP contribution in [0.4, 0.5) is 0 Å². The third-order valence-electron chi connectivity index (χ3n) is 4.21. The molecule has 150 valence electrons. The number of carbonyl (C=O) groups excluding carboxylic acids is 2. The van der Waals surface area contributed by atoms with Crippen LogP contribution in [0.15, 0.2) is 53.7 Å². The first kappa shape index (κ1) is 21.1. The highest BCUT2D eigenvalue weighted by atomic mass is 35.5. The van der Waals surface area contributed by atoms with Crippen molar-refractivity contribution in [2.45, 2.75) is 25.4 Å². The van der Waals surface area contributed by atoms with Crippen molar-refractivity contribution < 1.29 is 9.59 Å². The number of hydrogen-bond donors (Lipinski definition) is 1. The highest BCUT2D eigenvalue weighted by molar-refractivity contribution is 7.99. The van der Waals surface area contributed by atoms with E-state index in [0.29, 0.717) is 34.5 Å². The van der Waals surface area contributed by atoms with Crippen molar-refractivity contribution in [3.8, 4) is 5.69 Å². The van der Waals surface area contributed by atoms with Crippen molar-refractivity contribution in [1.29, 1.82) is 0 Å². The number of benzene rings is 2.